The Kier molecular flexibility index (Phi) is 6.95. The van der Waals surface area contributed by atoms with E-state index in [4.69, 9.17) is 10.5 Å². The van der Waals surface area contributed by atoms with Gasteiger partial charge < -0.3 is 15.8 Å². The number of aryl methyl sites for hydroxylation is 2. The summed E-state index contributed by atoms with van der Waals surface area (Å²) in [5, 5.41) is 3.42. The van der Waals surface area contributed by atoms with Crippen LogP contribution in [0.4, 0.5) is 5.69 Å². The molecule has 2 rings (SSSR count). The van der Waals surface area contributed by atoms with Gasteiger partial charge in [-0.3, -0.25) is 0 Å². The Morgan fingerprint density at radius 2 is 1.74 bits per heavy atom. The van der Waals surface area contributed by atoms with Crippen molar-refractivity contribution in [3.05, 3.63) is 59.2 Å². The number of nitrogen functional groups attached to an aromatic ring is 1. The Hall–Kier alpha value is -2.00. The van der Waals surface area contributed by atoms with Crippen molar-refractivity contribution in [3.63, 3.8) is 0 Å². The monoisotopic (exact) mass is 312 g/mol. The summed E-state index contributed by atoms with van der Waals surface area (Å²) in [6.45, 7) is 6.96. The highest BCUT2D eigenvalue weighted by molar-refractivity contribution is 5.54. The summed E-state index contributed by atoms with van der Waals surface area (Å²) in [4.78, 5) is 0. The highest BCUT2D eigenvalue weighted by atomic mass is 16.5. The smallest absolute Gasteiger partial charge is 0.142 e. The second-order valence-corrected chi connectivity index (χ2v) is 6.00. The van der Waals surface area contributed by atoms with Gasteiger partial charge in [-0.05, 0) is 62.5 Å². The predicted octanol–water partition coefficient (Wildman–Crippen LogP) is 4.09. The van der Waals surface area contributed by atoms with Crippen LogP contribution in [-0.2, 0) is 13.0 Å². The van der Waals surface area contributed by atoms with Gasteiger partial charge in [-0.2, -0.15) is 0 Å². The summed E-state index contributed by atoms with van der Waals surface area (Å²) < 4.78 is 5.84. The van der Waals surface area contributed by atoms with Crippen LogP contribution < -0.4 is 15.8 Å². The molecule has 0 amide bonds. The summed E-state index contributed by atoms with van der Waals surface area (Å²) in [6, 6.07) is 14.5. The molecule has 124 valence electrons. The molecule has 3 N–H and O–H groups in total. The van der Waals surface area contributed by atoms with Crippen LogP contribution in [-0.4, -0.2) is 13.1 Å². The van der Waals surface area contributed by atoms with E-state index in [-0.39, 0.29) is 0 Å². The molecule has 0 aliphatic heterocycles. The van der Waals surface area contributed by atoms with Gasteiger partial charge in [0.25, 0.3) is 0 Å². The number of benzene rings is 2. The van der Waals surface area contributed by atoms with E-state index in [1.165, 1.54) is 17.5 Å². The molecule has 0 radical (unpaired) electrons. The largest absolute Gasteiger partial charge is 0.487 e. The normalized spacial score (nSPS) is 10.7. The van der Waals surface area contributed by atoms with Crippen LogP contribution in [0.2, 0.25) is 0 Å². The Morgan fingerprint density at radius 1 is 1.00 bits per heavy atom. The molecule has 0 aromatic heterocycles. The standard InChI is InChI=1S/C20H28N2O/c1-3-12-22-13-4-5-17-10-11-20(19(21)14-17)23-15-18-8-6-16(2)7-9-18/h6-11,14,22H,3-5,12-13,15,21H2,1-2H3. The number of anilines is 1. The van der Waals surface area contributed by atoms with Gasteiger partial charge in [-0.1, -0.05) is 42.8 Å². The number of nitrogens with one attached hydrogen (secondary N) is 1. The van der Waals surface area contributed by atoms with E-state index in [0.29, 0.717) is 6.61 Å². The van der Waals surface area contributed by atoms with Crippen LogP contribution in [0.25, 0.3) is 0 Å². The van der Waals surface area contributed by atoms with E-state index in [2.05, 4.69) is 49.5 Å². The van der Waals surface area contributed by atoms with Crippen molar-refractivity contribution in [2.24, 2.45) is 0 Å². The first-order chi connectivity index (χ1) is 11.2. The van der Waals surface area contributed by atoms with Gasteiger partial charge in [-0.15, -0.1) is 0 Å². The summed E-state index contributed by atoms with van der Waals surface area (Å²) in [6.07, 6.45) is 3.35. The van der Waals surface area contributed by atoms with Crippen LogP contribution in [0.3, 0.4) is 0 Å². The van der Waals surface area contributed by atoms with Gasteiger partial charge in [0.2, 0.25) is 0 Å². The van der Waals surface area contributed by atoms with Crippen molar-refractivity contribution >= 4 is 5.69 Å². The molecule has 0 atom stereocenters. The van der Waals surface area contributed by atoms with E-state index in [1.807, 2.05) is 12.1 Å². The van der Waals surface area contributed by atoms with E-state index in [9.17, 15) is 0 Å². The molecular formula is C20H28N2O. The quantitative estimate of drug-likeness (QED) is 0.541. The number of ether oxygens (including phenoxy) is 1. The predicted molar refractivity (Wildman–Crippen MR) is 97.8 cm³/mol. The Balaban J connectivity index is 1.82. The molecule has 23 heavy (non-hydrogen) atoms. The molecule has 0 aliphatic rings. The first-order valence-corrected chi connectivity index (χ1v) is 8.46. The van der Waals surface area contributed by atoms with E-state index < -0.39 is 0 Å². The lowest BCUT2D eigenvalue weighted by Gasteiger charge is -2.11. The molecule has 0 unspecified atom stereocenters. The third-order valence-corrected chi connectivity index (χ3v) is 3.83. The zero-order valence-corrected chi connectivity index (χ0v) is 14.3. The fourth-order valence-electron chi connectivity index (χ4n) is 2.45. The summed E-state index contributed by atoms with van der Waals surface area (Å²) in [7, 11) is 0. The molecule has 2 aromatic carbocycles. The fourth-order valence-corrected chi connectivity index (χ4v) is 2.45. The van der Waals surface area contributed by atoms with Crippen molar-refractivity contribution in [2.45, 2.75) is 39.7 Å². The van der Waals surface area contributed by atoms with Crippen LogP contribution >= 0.6 is 0 Å². The van der Waals surface area contributed by atoms with Gasteiger partial charge in [0.05, 0.1) is 5.69 Å². The second kappa shape index (κ2) is 9.21. The molecule has 0 heterocycles. The second-order valence-electron chi connectivity index (χ2n) is 6.00. The van der Waals surface area contributed by atoms with Gasteiger partial charge in [-0.25, -0.2) is 0 Å². The Bertz CT molecular complexity index is 593. The average molecular weight is 312 g/mol. The lowest BCUT2D eigenvalue weighted by Crippen LogP contribution is -2.16. The zero-order valence-electron chi connectivity index (χ0n) is 14.3. The number of hydrogen-bond acceptors (Lipinski definition) is 3. The van der Waals surface area contributed by atoms with Crippen molar-refractivity contribution in [1.82, 2.24) is 5.32 Å². The molecule has 0 spiro atoms. The van der Waals surface area contributed by atoms with Gasteiger partial charge in [0.15, 0.2) is 0 Å². The lowest BCUT2D eigenvalue weighted by molar-refractivity contribution is 0.308. The van der Waals surface area contributed by atoms with E-state index in [0.717, 1.165) is 42.9 Å². The first-order valence-electron chi connectivity index (χ1n) is 8.46. The number of hydrogen-bond donors (Lipinski definition) is 2. The fraction of sp³-hybridized carbons (Fsp3) is 0.400. The van der Waals surface area contributed by atoms with Crippen LogP contribution in [0.1, 0.15) is 36.5 Å². The lowest BCUT2D eigenvalue weighted by atomic mass is 10.1. The first kappa shape index (κ1) is 17.4. The SMILES string of the molecule is CCCNCCCc1ccc(OCc2ccc(C)cc2)c(N)c1. The van der Waals surface area contributed by atoms with Crippen LogP contribution in [0.15, 0.2) is 42.5 Å². The molecule has 2 aromatic rings. The zero-order chi connectivity index (χ0) is 16.5. The molecular weight excluding hydrogens is 284 g/mol. The molecule has 0 saturated heterocycles. The summed E-state index contributed by atoms with van der Waals surface area (Å²) in [5.41, 5.74) is 10.5. The van der Waals surface area contributed by atoms with Crippen molar-refractivity contribution in [1.29, 1.82) is 0 Å². The molecule has 0 fully saturated rings. The minimum Gasteiger partial charge on any atom is -0.487 e. The maximum atomic E-state index is 6.12. The maximum Gasteiger partial charge on any atom is 0.142 e. The molecule has 3 heteroatoms. The average Bonchev–Trinajstić information content (AvgIpc) is 2.55. The molecule has 0 bridgehead atoms. The Morgan fingerprint density at radius 3 is 2.43 bits per heavy atom. The van der Waals surface area contributed by atoms with Crippen molar-refractivity contribution in [3.8, 4) is 5.75 Å². The molecule has 0 aliphatic carbocycles. The molecule has 3 nitrogen and oxygen atoms in total. The van der Waals surface area contributed by atoms with Crippen LogP contribution in [0, 0.1) is 6.92 Å². The van der Waals surface area contributed by atoms with Crippen molar-refractivity contribution in [2.75, 3.05) is 18.8 Å². The third kappa shape index (κ3) is 5.95. The van der Waals surface area contributed by atoms with Crippen molar-refractivity contribution < 1.29 is 4.74 Å². The summed E-state index contributed by atoms with van der Waals surface area (Å²) in [5.74, 6) is 0.762. The minimum absolute atomic E-state index is 0.546. The summed E-state index contributed by atoms with van der Waals surface area (Å²) >= 11 is 0. The van der Waals surface area contributed by atoms with E-state index in [1.54, 1.807) is 0 Å². The highest BCUT2D eigenvalue weighted by Gasteiger charge is 2.03. The number of nitrogens with two attached hydrogens (primary N) is 1. The topological polar surface area (TPSA) is 47.3 Å². The highest BCUT2D eigenvalue weighted by Crippen LogP contribution is 2.24. The number of rotatable bonds is 9. The molecule has 0 saturated carbocycles. The van der Waals surface area contributed by atoms with Crippen LogP contribution in [0.5, 0.6) is 5.75 Å². The van der Waals surface area contributed by atoms with Gasteiger partial charge in [0, 0.05) is 0 Å². The Labute approximate surface area is 139 Å². The van der Waals surface area contributed by atoms with Gasteiger partial charge in [0.1, 0.15) is 12.4 Å². The van der Waals surface area contributed by atoms with E-state index >= 15 is 0 Å². The minimum atomic E-state index is 0.546. The third-order valence-electron chi connectivity index (χ3n) is 3.83. The van der Waals surface area contributed by atoms with Gasteiger partial charge >= 0.3 is 0 Å². The maximum absolute atomic E-state index is 6.12.